The van der Waals surface area contributed by atoms with Crippen LogP contribution in [0.5, 0.6) is 0 Å². The smallest absolute Gasteiger partial charge is 0.256 e. The summed E-state index contributed by atoms with van der Waals surface area (Å²) in [5.74, 6) is -0.394. The number of hydrogen-bond acceptors (Lipinski definition) is 2. The minimum absolute atomic E-state index is 0.0397. The molecule has 2 amide bonds. The van der Waals surface area contributed by atoms with Crippen molar-refractivity contribution in [3.8, 4) is 0 Å². The van der Waals surface area contributed by atoms with Crippen molar-refractivity contribution in [1.29, 1.82) is 0 Å². The molecule has 142 valence electrons. The van der Waals surface area contributed by atoms with Gasteiger partial charge in [0.05, 0.1) is 5.56 Å². The first kappa shape index (κ1) is 19.4. The second kappa shape index (κ2) is 9.00. The molecule has 2 aromatic carbocycles. The highest BCUT2D eigenvalue weighted by Crippen LogP contribution is 2.24. The average molecular weight is 389 g/mol. The highest BCUT2D eigenvalue weighted by Gasteiger charge is 2.25. The Labute approximate surface area is 163 Å². The predicted molar refractivity (Wildman–Crippen MR) is 104 cm³/mol. The fraction of sp³-hybridized carbons (Fsp3) is 0.333. The van der Waals surface area contributed by atoms with Gasteiger partial charge in [0.2, 0.25) is 5.91 Å². The second-order valence-electron chi connectivity index (χ2n) is 6.81. The molecular weight excluding hydrogens is 367 g/mol. The molecule has 1 saturated heterocycles. The van der Waals surface area contributed by atoms with Crippen molar-refractivity contribution in [2.24, 2.45) is 5.92 Å². The predicted octanol–water partition coefficient (Wildman–Crippen LogP) is 4.75. The van der Waals surface area contributed by atoms with E-state index in [9.17, 15) is 14.0 Å². The van der Waals surface area contributed by atoms with Crippen LogP contribution in [0.2, 0.25) is 5.02 Å². The Balaban J connectivity index is 1.44. The summed E-state index contributed by atoms with van der Waals surface area (Å²) in [5.41, 5.74) is 0.814. The van der Waals surface area contributed by atoms with Gasteiger partial charge < -0.3 is 10.2 Å². The van der Waals surface area contributed by atoms with Crippen LogP contribution in [0.15, 0.2) is 48.5 Å². The molecular formula is C21H22ClFN2O2. The highest BCUT2D eigenvalue weighted by molar-refractivity contribution is 6.30. The maximum absolute atomic E-state index is 13.8. The van der Waals surface area contributed by atoms with Crippen molar-refractivity contribution in [2.75, 3.05) is 18.4 Å². The molecule has 1 aliphatic heterocycles. The zero-order valence-electron chi connectivity index (χ0n) is 15.0. The minimum atomic E-state index is -0.484. The molecule has 0 aromatic heterocycles. The fourth-order valence-electron chi connectivity index (χ4n) is 3.35. The number of piperidine rings is 1. The molecule has 1 fully saturated rings. The lowest BCUT2D eigenvalue weighted by Gasteiger charge is -2.32. The molecule has 0 radical (unpaired) electrons. The number of halogens is 2. The van der Waals surface area contributed by atoms with Gasteiger partial charge in [-0.2, -0.15) is 0 Å². The maximum Gasteiger partial charge on any atom is 0.256 e. The molecule has 0 saturated carbocycles. The molecule has 1 aliphatic rings. The molecule has 2 aromatic rings. The second-order valence-corrected chi connectivity index (χ2v) is 7.25. The monoisotopic (exact) mass is 388 g/mol. The van der Waals surface area contributed by atoms with Crippen LogP contribution in [-0.2, 0) is 4.79 Å². The third-order valence-corrected chi connectivity index (χ3v) is 5.13. The summed E-state index contributed by atoms with van der Waals surface area (Å²) in [6, 6.07) is 13.1. The Bertz CT molecular complexity index is 819. The van der Waals surface area contributed by atoms with Gasteiger partial charge in [0.25, 0.3) is 5.91 Å². The Hall–Kier alpha value is -2.40. The van der Waals surface area contributed by atoms with E-state index in [4.69, 9.17) is 11.6 Å². The van der Waals surface area contributed by atoms with Crippen LogP contribution < -0.4 is 5.32 Å². The van der Waals surface area contributed by atoms with Crippen LogP contribution in [0.4, 0.5) is 10.1 Å². The van der Waals surface area contributed by atoms with Crippen LogP contribution in [0, 0.1) is 11.7 Å². The number of amides is 2. The van der Waals surface area contributed by atoms with Crippen LogP contribution in [-0.4, -0.2) is 29.8 Å². The number of nitrogens with one attached hydrogen (secondary N) is 1. The standard InChI is InChI=1S/C21H22ClFN2O2/c22-16-4-3-5-17(14-16)24-20(26)9-8-15-10-12-25(13-11-15)21(27)18-6-1-2-7-19(18)23/h1-7,14-15H,8-13H2,(H,24,26). The third-order valence-electron chi connectivity index (χ3n) is 4.89. The fourth-order valence-corrected chi connectivity index (χ4v) is 3.54. The average Bonchev–Trinajstić information content (AvgIpc) is 2.67. The molecule has 0 spiro atoms. The van der Waals surface area contributed by atoms with E-state index in [1.807, 2.05) is 0 Å². The summed E-state index contributed by atoms with van der Waals surface area (Å²) >= 11 is 5.91. The largest absolute Gasteiger partial charge is 0.339 e. The van der Waals surface area contributed by atoms with Gasteiger partial charge in [-0.1, -0.05) is 29.8 Å². The molecule has 3 rings (SSSR count). The summed E-state index contributed by atoms with van der Waals surface area (Å²) in [4.78, 5) is 26.2. The minimum Gasteiger partial charge on any atom is -0.339 e. The van der Waals surface area contributed by atoms with E-state index >= 15 is 0 Å². The lowest BCUT2D eigenvalue weighted by atomic mass is 9.91. The van der Waals surface area contributed by atoms with Gasteiger partial charge >= 0.3 is 0 Å². The lowest BCUT2D eigenvalue weighted by molar-refractivity contribution is -0.116. The summed E-state index contributed by atoms with van der Waals surface area (Å²) in [6.07, 6.45) is 2.85. The van der Waals surface area contributed by atoms with Gasteiger partial charge in [0.15, 0.2) is 0 Å². The SMILES string of the molecule is O=C(CCC1CCN(C(=O)c2ccccc2F)CC1)Nc1cccc(Cl)c1. The van der Waals surface area contributed by atoms with Crippen LogP contribution in [0.1, 0.15) is 36.0 Å². The summed E-state index contributed by atoms with van der Waals surface area (Å²) in [5, 5.41) is 3.43. The molecule has 0 aliphatic carbocycles. The van der Waals surface area contributed by atoms with E-state index in [1.165, 1.54) is 12.1 Å². The number of carbonyl (C=O) groups excluding carboxylic acids is 2. The lowest BCUT2D eigenvalue weighted by Crippen LogP contribution is -2.39. The van der Waals surface area contributed by atoms with Crippen molar-refractivity contribution in [3.05, 3.63) is 64.9 Å². The van der Waals surface area contributed by atoms with E-state index in [-0.39, 0.29) is 17.4 Å². The van der Waals surface area contributed by atoms with Gasteiger partial charge in [0, 0.05) is 30.2 Å². The van der Waals surface area contributed by atoms with Crippen LogP contribution in [0.3, 0.4) is 0 Å². The zero-order valence-corrected chi connectivity index (χ0v) is 15.7. The number of nitrogens with zero attached hydrogens (tertiary/aromatic N) is 1. The highest BCUT2D eigenvalue weighted by atomic mass is 35.5. The van der Waals surface area contributed by atoms with Gasteiger partial charge in [-0.15, -0.1) is 0 Å². The van der Waals surface area contributed by atoms with E-state index in [0.717, 1.165) is 19.3 Å². The number of carbonyl (C=O) groups is 2. The Kier molecular flexibility index (Phi) is 6.45. The van der Waals surface area contributed by atoms with Crippen molar-refractivity contribution >= 4 is 29.1 Å². The third kappa shape index (κ3) is 5.30. The molecule has 1 N–H and O–H groups in total. The van der Waals surface area contributed by atoms with Crippen molar-refractivity contribution in [1.82, 2.24) is 4.90 Å². The topological polar surface area (TPSA) is 49.4 Å². The maximum atomic E-state index is 13.8. The molecule has 0 bridgehead atoms. The molecule has 0 unspecified atom stereocenters. The Morgan fingerprint density at radius 2 is 1.85 bits per heavy atom. The Morgan fingerprint density at radius 1 is 1.11 bits per heavy atom. The molecule has 0 atom stereocenters. The van der Waals surface area contributed by atoms with Gasteiger partial charge in [-0.05, 0) is 55.5 Å². The van der Waals surface area contributed by atoms with E-state index in [0.29, 0.717) is 36.1 Å². The van der Waals surface area contributed by atoms with Crippen LogP contribution >= 0.6 is 11.6 Å². The number of anilines is 1. The summed E-state index contributed by atoms with van der Waals surface area (Å²) < 4.78 is 13.8. The first-order valence-electron chi connectivity index (χ1n) is 9.12. The normalized spacial score (nSPS) is 14.8. The summed E-state index contributed by atoms with van der Waals surface area (Å²) in [6.45, 7) is 1.18. The van der Waals surface area contributed by atoms with E-state index < -0.39 is 5.82 Å². The Morgan fingerprint density at radius 3 is 2.56 bits per heavy atom. The molecule has 6 heteroatoms. The molecule has 4 nitrogen and oxygen atoms in total. The molecule has 27 heavy (non-hydrogen) atoms. The van der Waals surface area contributed by atoms with E-state index in [2.05, 4.69) is 5.32 Å². The van der Waals surface area contributed by atoms with Gasteiger partial charge in [0.1, 0.15) is 5.82 Å². The number of benzene rings is 2. The summed E-state index contributed by atoms with van der Waals surface area (Å²) in [7, 11) is 0. The van der Waals surface area contributed by atoms with Crippen molar-refractivity contribution < 1.29 is 14.0 Å². The van der Waals surface area contributed by atoms with Crippen molar-refractivity contribution in [2.45, 2.75) is 25.7 Å². The molecule has 1 heterocycles. The first-order chi connectivity index (χ1) is 13.0. The number of rotatable bonds is 5. The zero-order chi connectivity index (χ0) is 19.2. The number of likely N-dealkylation sites (tertiary alicyclic amines) is 1. The number of hydrogen-bond donors (Lipinski definition) is 1. The van der Waals surface area contributed by atoms with Crippen molar-refractivity contribution in [3.63, 3.8) is 0 Å². The quantitative estimate of drug-likeness (QED) is 0.803. The first-order valence-corrected chi connectivity index (χ1v) is 9.50. The van der Waals surface area contributed by atoms with Gasteiger partial charge in [-0.3, -0.25) is 9.59 Å². The van der Waals surface area contributed by atoms with E-state index in [1.54, 1.807) is 41.3 Å². The van der Waals surface area contributed by atoms with Gasteiger partial charge in [-0.25, -0.2) is 4.39 Å². The van der Waals surface area contributed by atoms with Crippen LogP contribution in [0.25, 0.3) is 0 Å².